The summed E-state index contributed by atoms with van der Waals surface area (Å²) in [6.07, 6.45) is 0. The standard InChI is InChI=1S/C24H19NO3/c1-15-11-13-18(14-12-15)25-24(27)20-10-6-9-19-21(26)16(2)22(28-23(19)20)17-7-4-3-5-8-17/h3-14H,1-2H3,(H,25,27). The predicted octanol–water partition coefficient (Wildman–Crippen LogP) is 5.33. The second-order valence-electron chi connectivity index (χ2n) is 6.75. The number of hydrogen-bond donors (Lipinski definition) is 1. The molecule has 4 heteroatoms. The third-order valence-electron chi connectivity index (χ3n) is 4.74. The molecule has 4 aromatic rings. The maximum atomic E-state index is 12.9. The molecule has 1 aromatic heterocycles. The summed E-state index contributed by atoms with van der Waals surface area (Å²) in [5.74, 6) is 0.161. The van der Waals surface area contributed by atoms with Crippen LogP contribution in [0.5, 0.6) is 0 Å². The van der Waals surface area contributed by atoms with Gasteiger partial charge in [-0.2, -0.15) is 0 Å². The molecule has 0 aliphatic heterocycles. The van der Waals surface area contributed by atoms with Gasteiger partial charge in [-0.05, 0) is 38.1 Å². The summed E-state index contributed by atoms with van der Waals surface area (Å²) in [4.78, 5) is 25.8. The maximum Gasteiger partial charge on any atom is 0.259 e. The van der Waals surface area contributed by atoms with Gasteiger partial charge in [0.15, 0.2) is 11.0 Å². The highest BCUT2D eigenvalue weighted by atomic mass is 16.3. The quantitative estimate of drug-likeness (QED) is 0.531. The Morgan fingerprint density at radius 3 is 2.29 bits per heavy atom. The van der Waals surface area contributed by atoms with Crippen LogP contribution in [0.25, 0.3) is 22.3 Å². The van der Waals surface area contributed by atoms with Crippen molar-refractivity contribution in [1.82, 2.24) is 0 Å². The molecule has 0 radical (unpaired) electrons. The Morgan fingerprint density at radius 2 is 1.57 bits per heavy atom. The van der Waals surface area contributed by atoms with Crippen molar-refractivity contribution >= 4 is 22.6 Å². The molecule has 0 spiro atoms. The highest BCUT2D eigenvalue weighted by Gasteiger charge is 2.18. The van der Waals surface area contributed by atoms with E-state index < -0.39 is 0 Å². The summed E-state index contributed by atoms with van der Waals surface area (Å²) in [6.45, 7) is 3.73. The average Bonchev–Trinajstić information content (AvgIpc) is 2.72. The number of aryl methyl sites for hydroxylation is 1. The van der Waals surface area contributed by atoms with Crippen molar-refractivity contribution < 1.29 is 9.21 Å². The zero-order valence-corrected chi connectivity index (χ0v) is 15.7. The third kappa shape index (κ3) is 3.21. The molecule has 1 N–H and O–H groups in total. The summed E-state index contributed by atoms with van der Waals surface area (Å²) in [7, 11) is 0. The van der Waals surface area contributed by atoms with E-state index in [4.69, 9.17) is 4.42 Å². The molecule has 4 rings (SSSR count). The van der Waals surface area contributed by atoms with Crippen molar-refractivity contribution in [2.45, 2.75) is 13.8 Å². The second kappa shape index (κ2) is 7.16. The SMILES string of the molecule is Cc1ccc(NC(=O)c2cccc3c(=O)c(C)c(-c4ccccc4)oc23)cc1. The molecule has 0 aliphatic rings. The van der Waals surface area contributed by atoms with Gasteiger partial charge >= 0.3 is 0 Å². The largest absolute Gasteiger partial charge is 0.455 e. The Morgan fingerprint density at radius 1 is 0.857 bits per heavy atom. The zero-order valence-electron chi connectivity index (χ0n) is 15.7. The van der Waals surface area contributed by atoms with E-state index in [2.05, 4.69) is 5.32 Å². The molecule has 1 heterocycles. The maximum absolute atomic E-state index is 12.9. The average molecular weight is 369 g/mol. The Bertz CT molecular complexity index is 1220. The number of nitrogens with one attached hydrogen (secondary N) is 1. The fourth-order valence-electron chi connectivity index (χ4n) is 3.19. The Balaban J connectivity index is 1.85. The van der Waals surface area contributed by atoms with E-state index in [9.17, 15) is 9.59 Å². The minimum absolute atomic E-state index is 0.134. The molecule has 138 valence electrons. The molecule has 4 nitrogen and oxygen atoms in total. The first-order valence-corrected chi connectivity index (χ1v) is 9.04. The van der Waals surface area contributed by atoms with Crippen LogP contribution in [0.1, 0.15) is 21.5 Å². The van der Waals surface area contributed by atoms with Crippen molar-refractivity contribution in [3.8, 4) is 11.3 Å². The molecular weight excluding hydrogens is 350 g/mol. The summed E-state index contributed by atoms with van der Waals surface area (Å²) < 4.78 is 6.11. The number of para-hydroxylation sites is 1. The van der Waals surface area contributed by atoms with Gasteiger partial charge in [0.2, 0.25) is 0 Å². The van der Waals surface area contributed by atoms with Gasteiger partial charge in [0.25, 0.3) is 5.91 Å². The van der Waals surface area contributed by atoms with Gasteiger partial charge < -0.3 is 9.73 Å². The monoisotopic (exact) mass is 369 g/mol. The zero-order chi connectivity index (χ0) is 19.7. The molecule has 0 atom stereocenters. The first kappa shape index (κ1) is 17.7. The minimum atomic E-state index is -0.319. The molecule has 0 bridgehead atoms. The van der Waals surface area contributed by atoms with Crippen LogP contribution in [0.4, 0.5) is 5.69 Å². The van der Waals surface area contributed by atoms with E-state index in [1.165, 1.54) is 0 Å². The van der Waals surface area contributed by atoms with E-state index in [0.29, 0.717) is 33.5 Å². The van der Waals surface area contributed by atoms with Gasteiger partial charge in [0.05, 0.1) is 10.9 Å². The minimum Gasteiger partial charge on any atom is -0.455 e. The van der Waals surface area contributed by atoms with Crippen molar-refractivity contribution in [2.24, 2.45) is 0 Å². The number of hydrogen-bond acceptors (Lipinski definition) is 3. The highest BCUT2D eigenvalue weighted by Crippen LogP contribution is 2.27. The molecule has 0 unspecified atom stereocenters. The van der Waals surface area contributed by atoms with E-state index >= 15 is 0 Å². The number of carbonyl (C=O) groups is 1. The number of fused-ring (bicyclic) bond motifs is 1. The summed E-state index contributed by atoms with van der Waals surface area (Å²) in [6, 6.07) is 22.0. The topological polar surface area (TPSA) is 59.3 Å². The van der Waals surface area contributed by atoms with Crippen LogP contribution in [-0.2, 0) is 0 Å². The summed E-state index contributed by atoms with van der Waals surface area (Å²) in [5.41, 5.74) is 3.60. The van der Waals surface area contributed by atoms with Crippen LogP contribution < -0.4 is 10.7 Å². The Hall–Kier alpha value is -3.66. The molecule has 28 heavy (non-hydrogen) atoms. The van der Waals surface area contributed by atoms with Crippen molar-refractivity contribution in [3.05, 3.63) is 99.7 Å². The molecule has 1 amide bonds. The van der Waals surface area contributed by atoms with E-state index in [1.807, 2.05) is 61.5 Å². The van der Waals surface area contributed by atoms with Crippen LogP contribution in [0, 0.1) is 13.8 Å². The summed E-state index contributed by atoms with van der Waals surface area (Å²) >= 11 is 0. The first-order valence-electron chi connectivity index (χ1n) is 9.04. The lowest BCUT2D eigenvalue weighted by atomic mass is 10.0. The van der Waals surface area contributed by atoms with Crippen LogP contribution in [0.2, 0.25) is 0 Å². The number of anilines is 1. The number of benzene rings is 3. The van der Waals surface area contributed by atoms with Gasteiger partial charge in [-0.1, -0.05) is 54.1 Å². The van der Waals surface area contributed by atoms with E-state index in [0.717, 1.165) is 11.1 Å². The normalized spacial score (nSPS) is 10.8. The fourth-order valence-corrected chi connectivity index (χ4v) is 3.19. The molecule has 0 fully saturated rings. The van der Waals surface area contributed by atoms with Gasteiger partial charge in [-0.3, -0.25) is 9.59 Å². The molecule has 0 aliphatic carbocycles. The van der Waals surface area contributed by atoms with Crippen LogP contribution in [0.15, 0.2) is 82.0 Å². The molecular formula is C24H19NO3. The van der Waals surface area contributed by atoms with Crippen LogP contribution in [-0.4, -0.2) is 5.91 Å². The summed E-state index contributed by atoms with van der Waals surface area (Å²) in [5, 5.41) is 3.27. The van der Waals surface area contributed by atoms with Gasteiger partial charge in [0.1, 0.15) is 5.76 Å². The van der Waals surface area contributed by atoms with E-state index in [-0.39, 0.29) is 11.3 Å². The molecule has 0 saturated heterocycles. The lowest BCUT2D eigenvalue weighted by Gasteiger charge is -2.11. The van der Waals surface area contributed by atoms with Crippen molar-refractivity contribution in [3.63, 3.8) is 0 Å². The van der Waals surface area contributed by atoms with Gasteiger partial charge in [0, 0.05) is 16.8 Å². The second-order valence-corrected chi connectivity index (χ2v) is 6.75. The molecule has 0 saturated carbocycles. The Labute approximate surface area is 162 Å². The van der Waals surface area contributed by atoms with Gasteiger partial charge in [-0.25, -0.2) is 0 Å². The Kier molecular flexibility index (Phi) is 4.53. The lowest BCUT2D eigenvalue weighted by Crippen LogP contribution is -2.15. The van der Waals surface area contributed by atoms with Gasteiger partial charge in [-0.15, -0.1) is 0 Å². The van der Waals surface area contributed by atoms with Crippen molar-refractivity contribution in [1.29, 1.82) is 0 Å². The number of carbonyl (C=O) groups excluding carboxylic acids is 1. The number of amides is 1. The smallest absolute Gasteiger partial charge is 0.259 e. The van der Waals surface area contributed by atoms with Crippen molar-refractivity contribution in [2.75, 3.05) is 5.32 Å². The first-order chi connectivity index (χ1) is 13.5. The predicted molar refractivity (Wildman–Crippen MR) is 112 cm³/mol. The fraction of sp³-hybridized carbons (Fsp3) is 0.0833. The van der Waals surface area contributed by atoms with E-state index in [1.54, 1.807) is 25.1 Å². The number of rotatable bonds is 3. The lowest BCUT2D eigenvalue weighted by molar-refractivity contribution is 0.102. The third-order valence-corrected chi connectivity index (χ3v) is 4.74. The van der Waals surface area contributed by atoms with Crippen LogP contribution >= 0.6 is 0 Å². The highest BCUT2D eigenvalue weighted by molar-refractivity contribution is 6.11. The van der Waals surface area contributed by atoms with Crippen LogP contribution in [0.3, 0.4) is 0 Å². The molecule has 3 aromatic carbocycles.